The Labute approximate surface area is 135 Å². The Balaban J connectivity index is 1.80. The molecule has 1 saturated heterocycles. The Morgan fingerprint density at radius 2 is 1.91 bits per heavy atom. The zero-order valence-electron chi connectivity index (χ0n) is 12.8. The fourth-order valence-electron chi connectivity index (χ4n) is 2.56. The van der Waals surface area contributed by atoms with Crippen LogP contribution in [0.15, 0.2) is 24.3 Å². The van der Waals surface area contributed by atoms with Crippen LogP contribution in [0.25, 0.3) is 0 Å². The highest BCUT2D eigenvalue weighted by Crippen LogP contribution is 2.14. The number of hydrogen-bond acceptors (Lipinski definition) is 3. The third-order valence-electron chi connectivity index (χ3n) is 3.52. The van der Waals surface area contributed by atoms with Crippen molar-refractivity contribution in [1.82, 2.24) is 10.2 Å². The van der Waals surface area contributed by atoms with Crippen LogP contribution in [0.3, 0.4) is 0 Å². The predicted molar refractivity (Wildman–Crippen MR) is 85.0 cm³/mol. The molecule has 0 unspecified atom stereocenters. The van der Waals surface area contributed by atoms with Gasteiger partial charge in [0.1, 0.15) is 0 Å². The lowest BCUT2D eigenvalue weighted by molar-refractivity contribution is -0.143. The second-order valence-corrected chi connectivity index (χ2v) is 5.95. The Morgan fingerprint density at radius 1 is 1.27 bits per heavy atom. The molecular formula is C16H21ClN2O3. The molecule has 1 aromatic rings. The molecule has 2 amide bonds. The van der Waals surface area contributed by atoms with Gasteiger partial charge in [0.05, 0.1) is 22.8 Å². The SMILES string of the molecule is C[C@@H]1CN(C(=O)CCNC(=O)c2ccccc2Cl)C[C@@H](C)O1. The first-order valence-corrected chi connectivity index (χ1v) is 7.81. The maximum atomic E-state index is 12.2. The molecule has 120 valence electrons. The summed E-state index contributed by atoms with van der Waals surface area (Å²) < 4.78 is 5.60. The summed E-state index contributed by atoms with van der Waals surface area (Å²) >= 11 is 5.96. The van der Waals surface area contributed by atoms with Crippen molar-refractivity contribution in [2.24, 2.45) is 0 Å². The largest absolute Gasteiger partial charge is 0.372 e. The molecule has 6 heteroatoms. The molecule has 0 saturated carbocycles. The van der Waals surface area contributed by atoms with E-state index >= 15 is 0 Å². The van der Waals surface area contributed by atoms with E-state index in [1.165, 1.54) is 0 Å². The van der Waals surface area contributed by atoms with Crippen molar-refractivity contribution < 1.29 is 14.3 Å². The number of nitrogens with one attached hydrogen (secondary N) is 1. The van der Waals surface area contributed by atoms with Crippen molar-refractivity contribution in [2.75, 3.05) is 19.6 Å². The molecule has 1 N–H and O–H groups in total. The topological polar surface area (TPSA) is 58.6 Å². The molecule has 1 heterocycles. The lowest BCUT2D eigenvalue weighted by atomic mass is 10.2. The molecule has 1 aliphatic heterocycles. The maximum Gasteiger partial charge on any atom is 0.252 e. The van der Waals surface area contributed by atoms with Crippen molar-refractivity contribution in [3.8, 4) is 0 Å². The third-order valence-corrected chi connectivity index (χ3v) is 3.84. The fourth-order valence-corrected chi connectivity index (χ4v) is 2.78. The Bertz CT molecular complexity index is 540. The van der Waals surface area contributed by atoms with Crippen LogP contribution in [0, 0.1) is 0 Å². The van der Waals surface area contributed by atoms with Crippen LogP contribution in [-0.4, -0.2) is 48.6 Å². The van der Waals surface area contributed by atoms with E-state index in [-0.39, 0.29) is 30.4 Å². The van der Waals surface area contributed by atoms with Gasteiger partial charge in [-0.3, -0.25) is 9.59 Å². The van der Waals surface area contributed by atoms with Crippen LogP contribution in [0.4, 0.5) is 0 Å². The minimum atomic E-state index is -0.262. The normalized spacial score (nSPS) is 21.5. The number of benzene rings is 1. The Hall–Kier alpha value is -1.59. The summed E-state index contributed by atoms with van der Waals surface area (Å²) in [7, 11) is 0. The summed E-state index contributed by atoms with van der Waals surface area (Å²) in [6.07, 6.45) is 0.367. The number of amides is 2. The van der Waals surface area contributed by atoms with E-state index in [2.05, 4.69) is 5.32 Å². The number of rotatable bonds is 4. The highest BCUT2D eigenvalue weighted by molar-refractivity contribution is 6.33. The highest BCUT2D eigenvalue weighted by Gasteiger charge is 2.25. The summed E-state index contributed by atoms with van der Waals surface area (Å²) in [5.41, 5.74) is 0.422. The van der Waals surface area contributed by atoms with E-state index in [0.29, 0.717) is 30.2 Å². The molecule has 2 rings (SSSR count). The molecule has 0 spiro atoms. The standard InChI is InChI=1S/C16H21ClN2O3/c1-11-9-19(10-12(2)22-11)15(20)7-8-18-16(21)13-5-3-4-6-14(13)17/h3-6,11-12H,7-10H2,1-2H3,(H,18,21)/t11-,12-/m1/s1. The van der Waals surface area contributed by atoms with Crippen molar-refractivity contribution >= 4 is 23.4 Å². The van der Waals surface area contributed by atoms with Gasteiger partial charge in [-0.1, -0.05) is 23.7 Å². The first-order chi connectivity index (χ1) is 10.5. The van der Waals surface area contributed by atoms with E-state index < -0.39 is 0 Å². The summed E-state index contributed by atoms with van der Waals surface area (Å²) in [4.78, 5) is 25.9. The van der Waals surface area contributed by atoms with Gasteiger partial charge in [0.25, 0.3) is 5.91 Å². The van der Waals surface area contributed by atoms with Crippen LogP contribution < -0.4 is 5.32 Å². The first-order valence-electron chi connectivity index (χ1n) is 7.43. The minimum absolute atomic E-state index is 0.0291. The molecule has 1 aliphatic rings. The number of carbonyl (C=O) groups is 2. The van der Waals surface area contributed by atoms with Crippen LogP contribution in [-0.2, 0) is 9.53 Å². The molecule has 1 aromatic carbocycles. The second-order valence-electron chi connectivity index (χ2n) is 5.54. The quantitative estimate of drug-likeness (QED) is 0.922. The molecule has 5 nitrogen and oxygen atoms in total. The Morgan fingerprint density at radius 3 is 2.55 bits per heavy atom. The number of carbonyl (C=O) groups excluding carboxylic acids is 2. The van der Waals surface area contributed by atoms with Gasteiger partial charge in [0.2, 0.25) is 5.91 Å². The smallest absolute Gasteiger partial charge is 0.252 e. The highest BCUT2D eigenvalue weighted by atomic mass is 35.5. The van der Waals surface area contributed by atoms with Crippen molar-refractivity contribution in [1.29, 1.82) is 0 Å². The summed E-state index contributed by atoms with van der Waals surface area (Å²) in [5.74, 6) is -0.233. The first kappa shape index (κ1) is 16.8. The zero-order valence-corrected chi connectivity index (χ0v) is 13.6. The lowest BCUT2D eigenvalue weighted by Crippen LogP contribution is -2.48. The molecule has 0 radical (unpaired) electrons. The fraction of sp³-hybridized carbons (Fsp3) is 0.500. The molecule has 0 bridgehead atoms. The van der Waals surface area contributed by atoms with E-state index in [4.69, 9.17) is 16.3 Å². The van der Waals surface area contributed by atoms with Gasteiger partial charge < -0.3 is 15.0 Å². The minimum Gasteiger partial charge on any atom is -0.372 e. The summed E-state index contributed by atoms with van der Waals surface area (Å²) in [6.45, 7) is 5.40. The summed E-state index contributed by atoms with van der Waals surface area (Å²) in [6, 6.07) is 6.84. The van der Waals surface area contributed by atoms with Crippen LogP contribution >= 0.6 is 11.6 Å². The average Bonchev–Trinajstić information content (AvgIpc) is 2.46. The maximum absolute atomic E-state index is 12.2. The van der Waals surface area contributed by atoms with Gasteiger partial charge in [-0.15, -0.1) is 0 Å². The molecule has 22 heavy (non-hydrogen) atoms. The summed E-state index contributed by atoms with van der Waals surface area (Å²) in [5, 5.41) is 3.13. The van der Waals surface area contributed by atoms with E-state index in [1.54, 1.807) is 29.2 Å². The van der Waals surface area contributed by atoms with E-state index in [0.717, 1.165) is 0 Å². The molecule has 2 atom stereocenters. The van der Waals surface area contributed by atoms with Crippen LogP contribution in [0.5, 0.6) is 0 Å². The van der Waals surface area contributed by atoms with Crippen LogP contribution in [0.1, 0.15) is 30.6 Å². The van der Waals surface area contributed by atoms with Gasteiger partial charge in [-0.05, 0) is 26.0 Å². The van der Waals surface area contributed by atoms with E-state index in [1.807, 2.05) is 13.8 Å². The monoisotopic (exact) mass is 324 g/mol. The molecular weight excluding hydrogens is 304 g/mol. The molecule has 0 aromatic heterocycles. The number of ether oxygens (including phenoxy) is 1. The Kier molecular flexibility index (Phi) is 5.80. The zero-order chi connectivity index (χ0) is 16.1. The third kappa shape index (κ3) is 4.45. The van der Waals surface area contributed by atoms with Crippen molar-refractivity contribution in [2.45, 2.75) is 32.5 Å². The van der Waals surface area contributed by atoms with Crippen LogP contribution in [0.2, 0.25) is 5.02 Å². The van der Waals surface area contributed by atoms with Crippen molar-refractivity contribution in [3.63, 3.8) is 0 Å². The van der Waals surface area contributed by atoms with E-state index in [9.17, 15) is 9.59 Å². The number of nitrogens with zero attached hydrogens (tertiary/aromatic N) is 1. The van der Waals surface area contributed by atoms with Gasteiger partial charge in [-0.2, -0.15) is 0 Å². The number of hydrogen-bond donors (Lipinski definition) is 1. The molecule has 0 aliphatic carbocycles. The number of halogens is 1. The van der Waals surface area contributed by atoms with Crippen molar-refractivity contribution in [3.05, 3.63) is 34.9 Å². The number of morpholine rings is 1. The van der Waals surface area contributed by atoms with Gasteiger partial charge >= 0.3 is 0 Å². The van der Waals surface area contributed by atoms with Gasteiger partial charge in [0.15, 0.2) is 0 Å². The predicted octanol–water partition coefficient (Wildman–Crippen LogP) is 2.10. The lowest BCUT2D eigenvalue weighted by Gasteiger charge is -2.35. The average molecular weight is 325 g/mol. The van der Waals surface area contributed by atoms with Gasteiger partial charge in [-0.25, -0.2) is 0 Å². The van der Waals surface area contributed by atoms with Gasteiger partial charge in [0, 0.05) is 26.1 Å². The second kappa shape index (κ2) is 7.61. The molecule has 1 fully saturated rings.